The molecule has 9 nitrogen and oxygen atoms in total. The van der Waals surface area contributed by atoms with E-state index in [1.165, 1.54) is 0 Å². The van der Waals surface area contributed by atoms with E-state index in [1.807, 2.05) is 68.4 Å². The van der Waals surface area contributed by atoms with Gasteiger partial charge in [0.25, 0.3) is 5.91 Å². The second-order valence-corrected chi connectivity index (χ2v) is 13.5. The van der Waals surface area contributed by atoms with Gasteiger partial charge in [0.05, 0.1) is 30.1 Å². The zero-order chi connectivity index (χ0) is 34.6. The summed E-state index contributed by atoms with van der Waals surface area (Å²) in [7, 11) is 0. The molecule has 6 atom stereocenters. The molecular formula is C39H52N4O5. The number of nitrogens with zero attached hydrogens (tertiary/aromatic N) is 4. The van der Waals surface area contributed by atoms with Crippen molar-refractivity contribution in [3.63, 3.8) is 0 Å². The first kappa shape index (κ1) is 35.4. The van der Waals surface area contributed by atoms with Crippen molar-refractivity contribution < 1.29 is 24.2 Å². The molecule has 3 fully saturated rings. The van der Waals surface area contributed by atoms with E-state index in [2.05, 4.69) is 31.9 Å². The molecule has 0 saturated carbocycles. The van der Waals surface area contributed by atoms with Crippen LogP contribution < -0.4 is 9.80 Å². The number of likely N-dealkylation sites (tertiary alicyclic amines) is 1. The normalized spacial score (nSPS) is 26.2. The summed E-state index contributed by atoms with van der Waals surface area (Å²) in [5, 5.41) is 10.9. The van der Waals surface area contributed by atoms with E-state index in [9.17, 15) is 14.7 Å². The number of benzene rings is 2. The second-order valence-electron chi connectivity index (χ2n) is 13.5. The van der Waals surface area contributed by atoms with Crippen molar-refractivity contribution in [1.29, 1.82) is 0 Å². The van der Waals surface area contributed by atoms with Crippen LogP contribution in [0.15, 0.2) is 79.9 Å². The van der Waals surface area contributed by atoms with Crippen molar-refractivity contribution in [2.45, 2.75) is 76.7 Å². The highest BCUT2D eigenvalue weighted by molar-refractivity contribution is 6.05. The van der Waals surface area contributed by atoms with Crippen LogP contribution in [0.25, 0.3) is 0 Å². The predicted octanol–water partition coefficient (Wildman–Crippen LogP) is 4.84. The Morgan fingerprint density at radius 3 is 2.21 bits per heavy atom. The lowest BCUT2D eigenvalue weighted by molar-refractivity contribution is -0.152. The quantitative estimate of drug-likeness (QED) is 0.260. The van der Waals surface area contributed by atoms with Crippen molar-refractivity contribution in [3.8, 4) is 0 Å². The molecule has 3 heterocycles. The Kier molecular flexibility index (Phi) is 10.8. The van der Waals surface area contributed by atoms with Crippen LogP contribution in [-0.2, 0) is 25.5 Å². The fourth-order valence-electron chi connectivity index (χ4n) is 8.49. The number of hydrogen-bond donors (Lipinski definition) is 1. The summed E-state index contributed by atoms with van der Waals surface area (Å²) in [5.41, 5.74) is 0.540. The summed E-state index contributed by atoms with van der Waals surface area (Å²) in [4.78, 5) is 51.7. The van der Waals surface area contributed by atoms with Crippen molar-refractivity contribution in [3.05, 3.63) is 85.5 Å². The molecule has 0 aliphatic carbocycles. The Morgan fingerprint density at radius 1 is 0.979 bits per heavy atom. The van der Waals surface area contributed by atoms with Gasteiger partial charge in [0.1, 0.15) is 11.6 Å². The Hall–Kier alpha value is -3.95. The van der Waals surface area contributed by atoms with E-state index in [0.29, 0.717) is 38.0 Å². The van der Waals surface area contributed by atoms with Gasteiger partial charge in [0.2, 0.25) is 11.8 Å². The van der Waals surface area contributed by atoms with Gasteiger partial charge in [-0.1, -0.05) is 49.4 Å². The first-order valence-corrected chi connectivity index (χ1v) is 17.5. The molecule has 2 aromatic carbocycles. The maximum absolute atomic E-state index is 15.1. The highest BCUT2D eigenvalue weighted by atomic mass is 16.5. The zero-order valence-electron chi connectivity index (χ0n) is 29.0. The third kappa shape index (κ3) is 6.07. The molecule has 2 aromatic rings. The number of carbonyl (C=O) groups is 3. The molecule has 2 unspecified atom stereocenters. The molecule has 2 bridgehead atoms. The molecule has 5 rings (SSSR count). The number of rotatable bonds is 16. The number of hydrogen-bond acceptors (Lipinski definition) is 6. The highest BCUT2D eigenvalue weighted by Gasteiger charge is 2.78. The van der Waals surface area contributed by atoms with Gasteiger partial charge in [-0.2, -0.15) is 0 Å². The van der Waals surface area contributed by atoms with E-state index >= 15 is 4.79 Å². The second kappa shape index (κ2) is 14.7. The lowest BCUT2D eigenvalue weighted by atomic mass is 9.66. The minimum absolute atomic E-state index is 0.147. The molecule has 0 aromatic heterocycles. The molecule has 3 aliphatic rings. The van der Waals surface area contributed by atoms with Crippen molar-refractivity contribution in [2.75, 3.05) is 49.1 Å². The topological polar surface area (TPSA) is 93.6 Å². The summed E-state index contributed by atoms with van der Waals surface area (Å²) in [6.45, 7) is 18.4. The van der Waals surface area contributed by atoms with Crippen LogP contribution in [0.1, 0.15) is 52.5 Å². The summed E-state index contributed by atoms with van der Waals surface area (Å²) in [6.07, 6.45) is 5.49. The summed E-state index contributed by atoms with van der Waals surface area (Å²) >= 11 is 0. The van der Waals surface area contributed by atoms with Crippen LogP contribution in [-0.4, -0.2) is 95.2 Å². The van der Waals surface area contributed by atoms with Crippen LogP contribution in [0.2, 0.25) is 0 Å². The Bertz CT molecular complexity index is 1480. The molecular weight excluding hydrogens is 604 g/mol. The average Bonchev–Trinajstić information content (AvgIpc) is 3.67. The van der Waals surface area contributed by atoms with Gasteiger partial charge in [-0.15, -0.1) is 13.2 Å². The third-order valence-electron chi connectivity index (χ3n) is 10.7. The minimum Gasteiger partial charge on any atom is -0.394 e. The molecule has 258 valence electrons. The fraction of sp³-hybridized carbons (Fsp3) is 0.513. The van der Waals surface area contributed by atoms with Crippen molar-refractivity contribution in [1.82, 2.24) is 9.80 Å². The summed E-state index contributed by atoms with van der Waals surface area (Å²) in [5.74, 6) is -2.38. The van der Waals surface area contributed by atoms with Crippen LogP contribution in [0.3, 0.4) is 0 Å². The fourth-order valence-corrected chi connectivity index (χ4v) is 8.49. The number of aliphatic hydroxyl groups excluding tert-OH is 1. The van der Waals surface area contributed by atoms with E-state index < -0.39 is 35.1 Å². The van der Waals surface area contributed by atoms with Crippen LogP contribution in [0.5, 0.6) is 0 Å². The van der Waals surface area contributed by atoms with E-state index in [1.54, 1.807) is 26.9 Å². The summed E-state index contributed by atoms with van der Waals surface area (Å²) in [6, 6.07) is 15.8. The van der Waals surface area contributed by atoms with Crippen LogP contribution in [0, 0.1) is 11.8 Å². The SMILES string of the molecule is C=CCN(CCC)C(=O)[C@H]1[C@H]2C(=O)N([C@@H](CO)Cc3ccccc3)C(C(=O)N(CC=C)c3ccc(N(CC)CC)cc3)C23CC[C@]1(C)O3. The molecule has 48 heavy (non-hydrogen) atoms. The molecule has 0 radical (unpaired) electrons. The van der Waals surface area contributed by atoms with Crippen molar-refractivity contribution >= 4 is 29.1 Å². The maximum atomic E-state index is 15.1. The number of carbonyl (C=O) groups excluding carboxylic acids is 3. The van der Waals surface area contributed by atoms with Crippen molar-refractivity contribution in [2.24, 2.45) is 11.8 Å². The number of amides is 3. The van der Waals surface area contributed by atoms with Gasteiger partial charge in [-0.05, 0) is 76.3 Å². The molecule has 9 heteroatoms. The maximum Gasteiger partial charge on any atom is 0.253 e. The monoisotopic (exact) mass is 656 g/mol. The largest absolute Gasteiger partial charge is 0.394 e. The lowest BCUT2D eigenvalue weighted by Crippen LogP contribution is -2.59. The number of ether oxygens (including phenoxy) is 1. The number of aliphatic hydroxyl groups is 1. The molecule has 1 spiro atoms. The summed E-state index contributed by atoms with van der Waals surface area (Å²) < 4.78 is 6.94. The smallest absolute Gasteiger partial charge is 0.253 e. The van der Waals surface area contributed by atoms with Crippen LogP contribution >= 0.6 is 0 Å². The minimum atomic E-state index is -1.22. The van der Waals surface area contributed by atoms with Gasteiger partial charge >= 0.3 is 0 Å². The Balaban J connectivity index is 1.61. The first-order chi connectivity index (χ1) is 23.1. The van der Waals surface area contributed by atoms with Gasteiger partial charge in [-0.25, -0.2) is 0 Å². The molecule has 1 N–H and O–H groups in total. The first-order valence-electron chi connectivity index (χ1n) is 17.5. The van der Waals surface area contributed by atoms with Gasteiger partial charge in [0.15, 0.2) is 0 Å². The standard InChI is InChI=1S/C39H52N4O5/c1-7-23-41(24-8-2)35(45)32-33-36(46)43(31(27-44)26-28-15-13-12-14-16-28)34(39(33)22-21-38(32,6)48-39)37(47)42(25-9-3)30-19-17-29(18-20-30)40(10-4)11-5/h7,9,12-20,31-34,44H,1,3,8,10-11,21-27H2,2,4-6H3/t31-,32-,33+,34?,38+,39?/m1/s1. The lowest BCUT2D eigenvalue weighted by Gasteiger charge is -2.39. The average molecular weight is 657 g/mol. The number of anilines is 2. The number of fused-ring (bicyclic) bond motifs is 1. The molecule has 3 aliphatic heterocycles. The molecule has 3 saturated heterocycles. The van der Waals surface area contributed by atoms with Gasteiger partial charge in [-0.3, -0.25) is 14.4 Å². The predicted molar refractivity (Wildman–Crippen MR) is 190 cm³/mol. The van der Waals surface area contributed by atoms with Crippen LogP contribution in [0.4, 0.5) is 11.4 Å². The third-order valence-corrected chi connectivity index (χ3v) is 10.7. The highest BCUT2D eigenvalue weighted by Crippen LogP contribution is 2.64. The molecule has 3 amide bonds. The Morgan fingerprint density at radius 2 is 1.62 bits per heavy atom. The van der Waals surface area contributed by atoms with E-state index in [0.717, 1.165) is 30.8 Å². The zero-order valence-corrected chi connectivity index (χ0v) is 29.0. The van der Waals surface area contributed by atoms with Gasteiger partial charge in [0, 0.05) is 44.1 Å². The van der Waals surface area contributed by atoms with Gasteiger partial charge < -0.3 is 29.4 Å². The Labute approximate surface area is 285 Å². The van der Waals surface area contributed by atoms with E-state index in [-0.39, 0.29) is 30.9 Å². The van der Waals surface area contributed by atoms with E-state index in [4.69, 9.17) is 4.74 Å².